The highest BCUT2D eigenvalue weighted by atomic mass is 19.1. The van der Waals surface area contributed by atoms with Gasteiger partial charge in [-0.05, 0) is 29.2 Å². The lowest BCUT2D eigenvalue weighted by Gasteiger charge is -2.05. The van der Waals surface area contributed by atoms with Gasteiger partial charge >= 0.3 is 0 Å². The van der Waals surface area contributed by atoms with E-state index in [4.69, 9.17) is 7.85 Å². The molecule has 2 heteroatoms. The van der Waals surface area contributed by atoms with Crippen LogP contribution in [0.5, 0.6) is 0 Å². The van der Waals surface area contributed by atoms with Crippen LogP contribution in [0.4, 0.5) is 4.39 Å². The van der Waals surface area contributed by atoms with Crippen molar-refractivity contribution in [1.82, 2.24) is 0 Å². The van der Waals surface area contributed by atoms with E-state index in [0.29, 0.717) is 0 Å². The van der Waals surface area contributed by atoms with Gasteiger partial charge in [0, 0.05) is 0 Å². The summed E-state index contributed by atoms with van der Waals surface area (Å²) in [6.07, 6.45) is 2.21. The highest BCUT2D eigenvalue weighted by molar-refractivity contribution is 6.32. The molecule has 2 rings (SSSR count). The first kappa shape index (κ1) is 11.9. The Hall–Kier alpha value is -1.57. The van der Waals surface area contributed by atoms with Gasteiger partial charge in [0.05, 0.1) is 0 Å². The van der Waals surface area contributed by atoms with Crippen LogP contribution >= 0.6 is 0 Å². The second kappa shape index (κ2) is 5.18. The average Bonchev–Trinajstić information content (AvgIpc) is 2.34. The molecule has 17 heavy (non-hydrogen) atoms. The van der Waals surface area contributed by atoms with E-state index < -0.39 is 0 Å². The highest BCUT2D eigenvalue weighted by Crippen LogP contribution is 2.20. The zero-order valence-electron chi connectivity index (χ0n) is 9.91. The molecule has 0 atom stereocenters. The summed E-state index contributed by atoms with van der Waals surface area (Å²) in [6.45, 7) is 2.16. The van der Waals surface area contributed by atoms with Crippen molar-refractivity contribution in [2.45, 2.75) is 19.8 Å². The molecule has 2 aromatic carbocycles. The minimum absolute atomic E-state index is 0.191. The summed E-state index contributed by atoms with van der Waals surface area (Å²) >= 11 is 0. The van der Waals surface area contributed by atoms with E-state index in [9.17, 15) is 4.39 Å². The van der Waals surface area contributed by atoms with E-state index >= 15 is 0 Å². The van der Waals surface area contributed by atoms with Crippen molar-refractivity contribution < 1.29 is 4.39 Å². The van der Waals surface area contributed by atoms with Crippen LogP contribution in [0.2, 0.25) is 0 Å². The van der Waals surface area contributed by atoms with Crippen molar-refractivity contribution in [3.63, 3.8) is 0 Å². The molecule has 0 aliphatic rings. The van der Waals surface area contributed by atoms with Crippen molar-refractivity contribution in [3.05, 3.63) is 53.8 Å². The van der Waals surface area contributed by atoms with Crippen LogP contribution in [-0.2, 0) is 6.42 Å². The van der Waals surface area contributed by atoms with E-state index in [1.54, 1.807) is 6.07 Å². The van der Waals surface area contributed by atoms with Crippen LogP contribution in [0.1, 0.15) is 18.9 Å². The summed E-state index contributed by atoms with van der Waals surface area (Å²) in [4.78, 5) is 0. The summed E-state index contributed by atoms with van der Waals surface area (Å²) < 4.78 is 13.3. The molecule has 0 bridgehead atoms. The molecule has 0 N–H and O–H groups in total. The Bertz CT molecular complexity index is 503. The van der Waals surface area contributed by atoms with Gasteiger partial charge in [-0.15, -0.1) is 0 Å². The summed E-state index contributed by atoms with van der Waals surface area (Å²) in [5, 5.41) is 0. The molecule has 84 valence electrons. The lowest BCUT2D eigenvalue weighted by molar-refractivity contribution is 0.636. The van der Waals surface area contributed by atoms with Gasteiger partial charge in [-0.3, -0.25) is 0 Å². The number of hydrogen-bond acceptors (Lipinski definition) is 0. The van der Waals surface area contributed by atoms with E-state index in [-0.39, 0.29) is 11.3 Å². The second-order valence-corrected chi connectivity index (χ2v) is 4.18. The summed E-state index contributed by atoms with van der Waals surface area (Å²) in [7, 11) is 5.46. The van der Waals surface area contributed by atoms with Crippen molar-refractivity contribution in [1.29, 1.82) is 0 Å². The van der Waals surface area contributed by atoms with Crippen LogP contribution in [0.25, 0.3) is 11.1 Å². The first-order valence-corrected chi connectivity index (χ1v) is 5.85. The predicted octanol–water partition coefficient (Wildman–Crippen LogP) is 3.24. The van der Waals surface area contributed by atoms with Gasteiger partial charge in [0.2, 0.25) is 0 Å². The van der Waals surface area contributed by atoms with Crippen molar-refractivity contribution in [2.24, 2.45) is 0 Å². The van der Waals surface area contributed by atoms with Gasteiger partial charge < -0.3 is 0 Å². The molecule has 0 fully saturated rings. The molecule has 0 unspecified atom stereocenters. The Morgan fingerprint density at radius 3 is 2.24 bits per heavy atom. The molecule has 0 aromatic heterocycles. The van der Waals surface area contributed by atoms with Crippen molar-refractivity contribution in [3.8, 4) is 11.1 Å². The van der Waals surface area contributed by atoms with Crippen LogP contribution in [0, 0.1) is 5.82 Å². The van der Waals surface area contributed by atoms with Crippen molar-refractivity contribution in [2.75, 3.05) is 0 Å². The molecule has 0 saturated carbocycles. The number of rotatable bonds is 3. The fourth-order valence-electron chi connectivity index (χ4n) is 1.86. The Labute approximate surface area is 103 Å². The number of aryl methyl sites for hydroxylation is 1. The highest BCUT2D eigenvalue weighted by Gasteiger charge is 2.01. The van der Waals surface area contributed by atoms with Crippen LogP contribution < -0.4 is 5.46 Å². The Kier molecular flexibility index (Phi) is 3.63. The first-order valence-electron chi connectivity index (χ1n) is 5.85. The second-order valence-electron chi connectivity index (χ2n) is 4.18. The minimum atomic E-state index is -0.361. The Morgan fingerprint density at radius 2 is 1.65 bits per heavy atom. The van der Waals surface area contributed by atoms with Crippen LogP contribution in [-0.4, -0.2) is 7.85 Å². The van der Waals surface area contributed by atoms with Gasteiger partial charge in [-0.2, -0.15) is 0 Å². The molecular weight excluding hydrogens is 210 g/mol. The maximum Gasteiger partial charge on any atom is 0.117 e. The lowest BCUT2D eigenvalue weighted by Crippen LogP contribution is -2.07. The maximum atomic E-state index is 13.3. The number of hydrogen-bond donors (Lipinski definition) is 0. The SMILES string of the molecule is [B]c1ccc(-c2ccc(CCC)cc2)cc1F. The molecule has 0 spiro atoms. The van der Waals surface area contributed by atoms with Gasteiger partial charge in [-0.25, -0.2) is 4.39 Å². The van der Waals surface area contributed by atoms with Crippen LogP contribution in [0.3, 0.4) is 0 Å². The Morgan fingerprint density at radius 1 is 1.00 bits per heavy atom. The molecule has 0 amide bonds. The monoisotopic (exact) mass is 224 g/mol. The molecule has 0 saturated heterocycles. The normalized spacial score (nSPS) is 10.5. The quantitative estimate of drug-likeness (QED) is 0.702. The molecular formula is C15H14BF. The smallest absolute Gasteiger partial charge is 0.117 e. The third kappa shape index (κ3) is 2.76. The molecule has 0 aliphatic carbocycles. The topological polar surface area (TPSA) is 0 Å². The predicted molar refractivity (Wildman–Crippen MR) is 71.2 cm³/mol. The Balaban J connectivity index is 2.30. The molecule has 2 aromatic rings. The summed E-state index contributed by atoms with van der Waals surface area (Å²) in [5.74, 6) is -0.361. The van der Waals surface area contributed by atoms with Crippen LogP contribution in [0.15, 0.2) is 42.5 Å². The van der Waals surface area contributed by atoms with Crippen molar-refractivity contribution >= 4 is 13.3 Å². The fraction of sp³-hybridized carbons (Fsp3) is 0.200. The zero-order chi connectivity index (χ0) is 12.3. The fourth-order valence-corrected chi connectivity index (χ4v) is 1.86. The zero-order valence-corrected chi connectivity index (χ0v) is 9.91. The van der Waals surface area contributed by atoms with E-state index in [1.807, 2.05) is 18.2 Å². The van der Waals surface area contributed by atoms with E-state index in [1.165, 1.54) is 11.6 Å². The minimum Gasteiger partial charge on any atom is -0.208 e. The molecule has 2 radical (unpaired) electrons. The molecule has 0 nitrogen and oxygen atoms in total. The third-order valence-electron chi connectivity index (χ3n) is 2.83. The number of benzene rings is 2. The average molecular weight is 224 g/mol. The van der Waals surface area contributed by atoms with Gasteiger partial charge in [-0.1, -0.05) is 55.2 Å². The van der Waals surface area contributed by atoms with Gasteiger partial charge in [0.1, 0.15) is 13.7 Å². The summed E-state index contributed by atoms with van der Waals surface area (Å²) in [5.41, 5.74) is 3.38. The lowest BCUT2D eigenvalue weighted by atomic mass is 9.92. The van der Waals surface area contributed by atoms with E-state index in [0.717, 1.165) is 24.0 Å². The van der Waals surface area contributed by atoms with E-state index in [2.05, 4.69) is 19.1 Å². The standard InChI is InChI=1S/C15H14BF/c1-2-3-11-4-6-12(7-5-11)13-8-9-14(16)15(17)10-13/h4-10H,2-3H2,1H3. The first-order chi connectivity index (χ1) is 8.20. The van der Waals surface area contributed by atoms with Gasteiger partial charge in [0.25, 0.3) is 0 Å². The maximum absolute atomic E-state index is 13.3. The molecule has 0 aliphatic heterocycles. The largest absolute Gasteiger partial charge is 0.208 e. The summed E-state index contributed by atoms with van der Waals surface area (Å²) in [6, 6.07) is 13.1. The number of halogens is 1. The third-order valence-corrected chi connectivity index (χ3v) is 2.83. The van der Waals surface area contributed by atoms with Gasteiger partial charge in [0.15, 0.2) is 0 Å². The molecule has 0 heterocycles.